The van der Waals surface area contributed by atoms with Gasteiger partial charge >= 0.3 is 0 Å². The van der Waals surface area contributed by atoms with Gasteiger partial charge in [-0.15, -0.1) is 0 Å². The van der Waals surface area contributed by atoms with Crippen LogP contribution in [0.25, 0.3) is 0 Å². The number of carbonyl (C=O) groups is 1. The molecule has 0 unspecified atom stereocenters. The van der Waals surface area contributed by atoms with E-state index in [9.17, 15) is 4.79 Å². The van der Waals surface area contributed by atoms with Gasteiger partial charge in [-0.2, -0.15) is 0 Å². The molecule has 0 bridgehead atoms. The highest BCUT2D eigenvalue weighted by molar-refractivity contribution is 5.91. The molecule has 1 amide bonds. The maximum absolute atomic E-state index is 12.3. The van der Waals surface area contributed by atoms with E-state index in [-0.39, 0.29) is 5.91 Å². The lowest BCUT2D eigenvalue weighted by atomic mass is 10.2. The quantitative estimate of drug-likeness (QED) is 0.869. The van der Waals surface area contributed by atoms with Gasteiger partial charge in [-0.3, -0.25) is 4.79 Å². The third-order valence-electron chi connectivity index (χ3n) is 3.16. The van der Waals surface area contributed by atoms with E-state index in [2.05, 4.69) is 10.1 Å². The largest absolute Gasteiger partial charge is 0.361 e. The summed E-state index contributed by atoms with van der Waals surface area (Å²) < 4.78 is 6.90. The lowest BCUT2D eigenvalue weighted by Crippen LogP contribution is -2.27. The topological polar surface area (TPSA) is 90.2 Å². The highest BCUT2D eigenvalue weighted by atomic mass is 16.5. The van der Waals surface area contributed by atoms with Crippen molar-refractivity contribution < 1.29 is 9.32 Å². The van der Waals surface area contributed by atoms with Crippen LogP contribution in [0.2, 0.25) is 0 Å². The summed E-state index contributed by atoms with van der Waals surface area (Å²) in [5.41, 5.74) is 7.61. The van der Waals surface area contributed by atoms with Crippen LogP contribution < -0.4 is 5.73 Å². The second-order valence-corrected chi connectivity index (χ2v) is 4.75. The number of rotatable bonds is 5. The van der Waals surface area contributed by atoms with Crippen LogP contribution in [-0.4, -0.2) is 39.1 Å². The number of aromatic nitrogens is 3. The Hall–Kier alpha value is -2.15. The van der Waals surface area contributed by atoms with Gasteiger partial charge in [0.2, 0.25) is 0 Å². The van der Waals surface area contributed by atoms with Crippen LogP contribution in [0.3, 0.4) is 0 Å². The Morgan fingerprint density at radius 2 is 2.25 bits per heavy atom. The Bertz CT molecular complexity index is 582. The van der Waals surface area contributed by atoms with E-state index in [0.29, 0.717) is 25.3 Å². The zero-order chi connectivity index (χ0) is 14.7. The fourth-order valence-electron chi connectivity index (χ4n) is 1.97. The Labute approximate surface area is 117 Å². The summed E-state index contributed by atoms with van der Waals surface area (Å²) in [7, 11) is 1.73. The van der Waals surface area contributed by atoms with Crippen molar-refractivity contribution in [1.29, 1.82) is 0 Å². The van der Waals surface area contributed by atoms with Crippen LogP contribution in [-0.2, 0) is 13.1 Å². The lowest BCUT2D eigenvalue weighted by Gasteiger charge is -2.15. The number of aryl methyl sites for hydroxylation is 2. The Morgan fingerprint density at radius 3 is 2.85 bits per heavy atom. The molecule has 0 spiro atoms. The first kappa shape index (κ1) is 14.3. The average Bonchev–Trinajstić information content (AvgIpc) is 3.00. The van der Waals surface area contributed by atoms with Crippen LogP contribution in [0.4, 0.5) is 0 Å². The van der Waals surface area contributed by atoms with E-state index in [0.717, 1.165) is 17.0 Å². The predicted molar refractivity (Wildman–Crippen MR) is 73.1 cm³/mol. The minimum atomic E-state index is -0.138. The van der Waals surface area contributed by atoms with Crippen molar-refractivity contribution in [1.82, 2.24) is 19.6 Å². The molecule has 0 fully saturated rings. The van der Waals surface area contributed by atoms with Crippen molar-refractivity contribution in [3.63, 3.8) is 0 Å². The summed E-state index contributed by atoms with van der Waals surface area (Å²) in [6.07, 6.45) is 3.32. The van der Waals surface area contributed by atoms with E-state index >= 15 is 0 Å². The Morgan fingerprint density at radius 1 is 1.50 bits per heavy atom. The fourth-order valence-corrected chi connectivity index (χ4v) is 1.97. The minimum absolute atomic E-state index is 0.138. The molecule has 2 N–H and O–H groups in total. The van der Waals surface area contributed by atoms with Gasteiger partial charge in [0.15, 0.2) is 0 Å². The second-order valence-electron chi connectivity index (χ2n) is 4.75. The summed E-state index contributed by atoms with van der Waals surface area (Å²) in [5.74, 6) is 0.594. The van der Waals surface area contributed by atoms with E-state index in [1.54, 1.807) is 29.0 Å². The standard InChI is InChI=1S/C13H19N5O2/c1-9-11(10(2)20-16-9)6-17(3)13(19)12-7-18(5-4-14)8-15-12/h7-8H,4-6,14H2,1-3H3. The van der Waals surface area contributed by atoms with Crippen LogP contribution in [0.15, 0.2) is 17.0 Å². The third kappa shape index (κ3) is 2.88. The monoisotopic (exact) mass is 277 g/mol. The third-order valence-corrected chi connectivity index (χ3v) is 3.16. The van der Waals surface area contributed by atoms with E-state index in [1.165, 1.54) is 0 Å². The van der Waals surface area contributed by atoms with Crippen molar-refractivity contribution in [2.24, 2.45) is 5.73 Å². The summed E-state index contributed by atoms with van der Waals surface area (Å²) in [4.78, 5) is 18.0. The number of imidazole rings is 1. The number of hydrogen-bond acceptors (Lipinski definition) is 5. The van der Waals surface area contributed by atoms with Gasteiger partial charge in [0.1, 0.15) is 11.5 Å². The molecule has 0 atom stereocenters. The maximum atomic E-state index is 12.3. The summed E-state index contributed by atoms with van der Waals surface area (Å²) in [6, 6.07) is 0. The number of amides is 1. The van der Waals surface area contributed by atoms with Crippen LogP contribution in [0, 0.1) is 13.8 Å². The smallest absolute Gasteiger partial charge is 0.274 e. The molecule has 2 rings (SSSR count). The molecule has 0 aliphatic rings. The molecule has 0 saturated heterocycles. The number of carbonyl (C=O) groups excluding carboxylic acids is 1. The van der Waals surface area contributed by atoms with E-state index in [4.69, 9.17) is 10.3 Å². The second kappa shape index (κ2) is 5.87. The van der Waals surface area contributed by atoms with E-state index in [1.807, 2.05) is 13.8 Å². The SMILES string of the molecule is Cc1noc(C)c1CN(C)C(=O)c1cn(CCN)cn1. The molecule has 2 aromatic rings. The van der Waals surface area contributed by atoms with E-state index < -0.39 is 0 Å². The number of nitrogens with zero attached hydrogens (tertiary/aromatic N) is 4. The molecule has 0 aromatic carbocycles. The van der Waals surface area contributed by atoms with Gasteiger partial charge in [-0.05, 0) is 13.8 Å². The molecule has 20 heavy (non-hydrogen) atoms. The molecular weight excluding hydrogens is 258 g/mol. The number of hydrogen-bond donors (Lipinski definition) is 1. The van der Waals surface area contributed by atoms with Crippen molar-refractivity contribution in [2.75, 3.05) is 13.6 Å². The average molecular weight is 277 g/mol. The predicted octanol–water partition coefficient (Wildman–Crippen LogP) is 0.719. The molecule has 0 radical (unpaired) electrons. The van der Waals surface area contributed by atoms with Gasteiger partial charge in [0.25, 0.3) is 5.91 Å². The summed E-state index contributed by atoms with van der Waals surface area (Å²) in [5, 5.41) is 3.88. The molecule has 0 saturated carbocycles. The minimum Gasteiger partial charge on any atom is -0.361 e. The van der Waals surface area contributed by atoms with Gasteiger partial charge in [0.05, 0.1) is 18.6 Å². The molecular formula is C13H19N5O2. The van der Waals surface area contributed by atoms with Crippen molar-refractivity contribution in [2.45, 2.75) is 26.9 Å². The zero-order valence-electron chi connectivity index (χ0n) is 12.0. The van der Waals surface area contributed by atoms with Crippen LogP contribution in [0.1, 0.15) is 27.5 Å². The Balaban J connectivity index is 2.08. The number of nitrogens with two attached hydrogens (primary N) is 1. The van der Waals surface area contributed by atoms with Crippen LogP contribution >= 0.6 is 0 Å². The summed E-state index contributed by atoms with van der Waals surface area (Å²) >= 11 is 0. The highest BCUT2D eigenvalue weighted by Gasteiger charge is 2.18. The normalized spacial score (nSPS) is 10.8. The molecule has 2 aromatic heterocycles. The zero-order valence-corrected chi connectivity index (χ0v) is 12.0. The highest BCUT2D eigenvalue weighted by Crippen LogP contribution is 2.15. The van der Waals surface area contributed by atoms with Gasteiger partial charge < -0.3 is 19.7 Å². The van der Waals surface area contributed by atoms with Gasteiger partial charge in [0, 0.05) is 31.9 Å². The van der Waals surface area contributed by atoms with Gasteiger partial charge in [-0.1, -0.05) is 5.16 Å². The van der Waals surface area contributed by atoms with Crippen molar-refractivity contribution in [3.05, 3.63) is 35.2 Å². The first-order valence-corrected chi connectivity index (χ1v) is 6.42. The molecule has 0 aliphatic heterocycles. The summed E-state index contributed by atoms with van der Waals surface area (Å²) in [6.45, 7) is 5.31. The van der Waals surface area contributed by atoms with Crippen LogP contribution in [0.5, 0.6) is 0 Å². The maximum Gasteiger partial charge on any atom is 0.274 e. The Kier molecular flexibility index (Phi) is 4.19. The fraction of sp³-hybridized carbons (Fsp3) is 0.462. The van der Waals surface area contributed by atoms with Crippen molar-refractivity contribution in [3.8, 4) is 0 Å². The molecule has 108 valence electrons. The molecule has 0 aliphatic carbocycles. The first-order chi connectivity index (χ1) is 9.52. The van der Waals surface area contributed by atoms with Crippen molar-refractivity contribution >= 4 is 5.91 Å². The van der Waals surface area contributed by atoms with Gasteiger partial charge in [-0.25, -0.2) is 4.98 Å². The molecule has 7 nitrogen and oxygen atoms in total. The lowest BCUT2D eigenvalue weighted by molar-refractivity contribution is 0.0779. The molecule has 2 heterocycles. The first-order valence-electron chi connectivity index (χ1n) is 6.42. The molecule has 7 heteroatoms.